The van der Waals surface area contributed by atoms with Crippen molar-refractivity contribution < 1.29 is 19.1 Å². The standard InChI is InChI=1S/C14H10N2O4/c1-8-2-4-9(5-3-8)19-10-6-15-7-11-12(10)16-13(20-11)14(17)18/h2-7H,1H3,(H,17,18). The molecule has 0 saturated carbocycles. The van der Waals surface area contributed by atoms with Gasteiger partial charge in [-0.15, -0.1) is 0 Å². The second-order valence-corrected chi connectivity index (χ2v) is 4.22. The number of fused-ring (bicyclic) bond motifs is 1. The number of hydrogen-bond donors (Lipinski definition) is 1. The highest BCUT2D eigenvalue weighted by Crippen LogP contribution is 2.29. The molecule has 0 atom stereocenters. The SMILES string of the molecule is Cc1ccc(Oc2cncc3oc(C(=O)O)nc23)cc1. The number of carbonyl (C=O) groups is 1. The highest BCUT2D eigenvalue weighted by atomic mass is 16.5. The molecule has 6 heteroatoms. The number of benzene rings is 1. The highest BCUT2D eigenvalue weighted by molar-refractivity contribution is 5.88. The third-order valence-corrected chi connectivity index (χ3v) is 2.70. The second-order valence-electron chi connectivity index (χ2n) is 4.22. The van der Waals surface area contributed by atoms with Crippen molar-refractivity contribution in [3.05, 3.63) is 48.1 Å². The molecular formula is C14H10N2O4. The van der Waals surface area contributed by atoms with E-state index in [-0.39, 0.29) is 11.5 Å². The number of aryl methyl sites for hydroxylation is 1. The zero-order valence-corrected chi connectivity index (χ0v) is 10.5. The van der Waals surface area contributed by atoms with Gasteiger partial charge in [0.2, 0.25) is 0 Å². The van der Waals surface area contributed by atoms with Crippen LogP contribution in [-0.4, -0.2) is 21.0 Å². The molecule has 100 valence electrons. The zero-order valence-electron chi connectivity index (χ0n) is 10.5. The molecule has 0 unspecified atom stereocenters. The normalized spacial score (nSPS) is 10.7. The fraction of sp³-hybridized carbons (Fsp3) is 0.0714. The summed E-state index contributed by atoms with van der Waals surface area (Å²) >= 11 is 0. The molecule has 2 heterocycles. The molecule has 6 nitrogen and oxygen atoms in total. The minimum atomic E-state index is -1.23. The van der Waals surface area contributed by atoms with Crippen LogP contribution in [0.2, 0.25) is 0 Å². The van der Waals surface area contributed by atoms with Crippen LogP contribution in [0.25, 0.3) is 11.1 Å². The number of oxazole rings is 1. The van der Waals surface area contributed by atoms with E-state index in [2.05, 4.69) is 9.97 Å². The highest BCUT2D eigenvalue weighted by Gasteiger charge is 2.16. The number of pyridine rings is 1. The summed E-state index contributed by atoms with van der Waals surface area (Å²) < 4.78 is 10.7. The lowest BCUT2D eigenvalue weighted by Gasteiger charge is -2.05. The number of hydrogen-bond acceptors (Lipinski definition) is 5. The first-order chi connectivity index (χ1) is 9.63. The molecule has 20 heavy (non-hydrogen) atoms. The van der Waals surface area contributed by atoms with Crippen LogP contribution in [0.1, 0.15) is 16.2 Å². The van der Waals surface area contributed by atoms with Crippen molar-refractivity contribution in [1.82, 2.24) is 9.97 Å². The number of nitrogens with zero attached hydrogens (tertiary/aromatic N) is 2. The van der Waals surface area contributed by atoms with E-state index in [1.54, 1.807) is 0 Å². The molecule has 1 aromatic carbocycles. The summed E-state index contributed by atoms with van der Waals surface area (Å²) in [6, 6.07) is 7.45. The van der Waals surface area contributed by atoms with Gasteiger partial charge in [-0.25, -0.2) is 4.79 Å². The van der Waals surface area contributed by atoms with Gasteiger partial charge in [-0.2, -0.15) is 4.98 Å². The monoisotopic (exact) mass is 270 g/mol. The molecule has 0 aliphatic rings. The zero-order chi connectivity index (χ0) is 14.1. The Labute approximate surface area is 113 Å². The van der Waals surface area contributed by atoms with Gasteiger partial charge >= 0.3 is 11.9 Å². The van der Waals surface area contributed by atoms with Crippen molar-refractivity contribution in [2.45, 2.75) is 6.92 Å². The van der Waals surface area contributed by atoms with Crippen LogP contribution in [0.3, 0.4) is 0 Å². The molecule has 0 aliphatic carbocycles. The number of rotatable bonds is 3. The second kappa shape index (κ2) is 4.65. The lowest BCUT2D eigenvalue weighted by Crippen LogP contribution is -1.95. The molecule has 1 N–H and O–H groups in total. The third-order valence-electron chi connectivity index (χ3n) is 2.70. The maximum absolute atomic E-state index is 10.9. The Kier molecular flexibility index (Phi) is 2.83. The van der Waals surface area contributed by atoms with Crippen LogP contribution in [0, 0.1) is 6.92 Å². The topological polar surface area (TPSA) is 85.5 Å². The molecule has 0 radical (unpaired) electrons. The molecule has 3 aromatic rings. The van der Waals surface area contributed by atoms with E-state index in [0.717, 1.165) is 5.56 Å². The maximum atomic E-state index is 10.9. The van der Waals surface area contributed by atoms with E-state index in [0.29, 0.717) is 17.0 Å². The number of aromatic carboxylic acids is 1. The number of ether oxygens (including phenoxy) is 1. The average Bonchev–Trinajstić information content (AvgIpc) is 2.87. The van der Waals surface area contributed by atoms with Crippen molar-refractivity contribution in [2.24, 2.45) is 0 Å². The van der Waals surface area contributed by atoms with Gasteiger partial charge in [0.05, 0.1) is 12.4 Å². The number of aromatic nitrogens is 2. The Morgan fingerprint density at radius 3 is 2.70 bits per heavy atom. The third kappa shape index (κ3) is 2.18. The first-order valence-electron chi connectivity index (χ1n) is 5.86. The van der Waals surface area contributed by atoms with Crippen molar-refractivity contribution in [2.75, 3.05) is 0 Å². The van der Waals surface area contributed by atoms with Crippen LogP contribution in [-0.2, 0) is 0 Å². The van der Waals surface area contributed by atoms with Crippen LogP contribution in [0.15, 0.2) is 41.1 Å². The molecular weight excluding hydrogens is 260 g/mol. The minimum absolute atomic E-state index is 0.270. The summed E-state index contributed by atoms with van der Waals surface area (Å²) in [5.41, 5.74) is 1.72. The first kappa shape index (κ1) is 12.2. The summed E-state index contributed by atoms with van der Waals surface area (Å²) in [4.78, 5) is 18.7. The molecule has 3 rings (SSSR count). The van der Waals surface area contributed by atoms with Gasteiger partial charge < -0.3 is 14.3 Å². The lowest BCUT2D eigenvalue weighted by atomic mass is 10.2. The van der Waals surface area contributed by atoms with Gasteiger partial charge in [0.1, 0.15) is 5.75 Å². The molecule has 0 spiro atoms. The average molecular weight is 270 g/mol. The summed E-state index contributed by atoms with van der Waals surface area (Å²) in [7, 11) is 0. The minimum Gasteiger partial charge on any atom is -0.474 e. The predicted octanol–water partition coefficient (Wildman–Crippen LogP) is 3.02. The van der Waals surface area contributed by atoms with Gasteiger partial charge in [-0.3, -0.25) is 4.98 Å². The van der Waals surface area contributed by atoms with Crippen LogP contribution >= 0.6 is 0 Å². The van der Waals surface area contributed by atoms with Crippen molar-refractivity contribution in [3.8, 4) is 11.5 Å². The number of carboxylic acid groups (broad SMARTS) is 1. The van der Waals surface area contributed by atoms with Gasteiger partial charge in [0, 0.05) is 0 Å². The van der Waals surface area contributed by atoms with Crippen molar-refractivity contribution in [1.29, 1.82) is 0 Å². The Hall–Kier alpha value is -2.89. The summed E-state index contributed by atoms with van der Waals surface area (Å²) in [5.74, 6) is -0.656. The van der Waals surface area contributed by atoms with Crippen molar-refractivity contribution >= 4 is 17.1 Å². The van der Waals surface area contributed by atoms with Gasteiger partial charge in [-0.1, -0.05) is 17.7 Å². The molecule has 0 bridgehead atoms. The fourth-order valence-electron chi connectivity index (χ4n) is 1.73. The molecule has 0 fully saturated rings. The number of carboxylic acids is 1. The van der Waals surface area contributed by atoms with Crippen molar-refractivity contribution in [3.63, 3.8) is 0 Å². The maximum Gasteiger partial charge on any atom is 0.392 e. The molecule has 2 aromatic heterocycles. The van der Waals surface area contributed by atoms with Gasteiger partial charge in [0.15, 0.2) is 16.8 Å². The molecule has 0 aliphatic heterocycles. The van der Waals surface area contributed by atoms with E-state index in [1.807, 2.05) is 31.2 Å². The first-order valence-corrected chi connectivity index (χ1v) is 5.86. The van der Waals surface area contributed by atoms with Crippen LogP contribution < -0.4 is 4.74 Å². The summed E-state index contributed by atoms with van der Waals surface area (Å²) in [6.45, 7) is 1.98. The van der Waals surface area contributed by atoms with Crippen LogP contribution in [0.5, 0.6) is 11.5 Å². The predicted molar refractivity (Wildman–Crippen MR) is 70.0 cm³/mol. The molecule has 0 saturated heterocycles. The van der Waals surface area contributed by atoms with Gasteiger partial charge in [0.25, 0.3) is 0 Å². The van der Waals surface area contributed by atoms with E-state index in [9.17, 15) is 4.79 Å². The summed E-state index contributed by atoms with van der Waals surface area (Å²) in [6.07, 6.45) is 2.87. The fourth-order valence-corrected chi connectivity index (χ4v) is 1.73. The largest absolute Gasteiger partial charge is 0.474 e. The Bertz CT molecular complexity index is 777. The van der Waals surface area contributed by atoms with E-state index in [4.69, 9.17) is 14.3 Å². The Morgan fingerprint density at radius 2 is 2.00 bits per heavy atom. The summed E-state index contributed by atoms with van der Waals surface area (Å²) in [5, 5.41) is 8.88. The van der Waals surface area contributed by atoms with E-state index in [1.165, 1.54) is 12.4 Å². The molecule has 0 amide bonds. The van der Waals surface area contributed by atoms with E-state index < -0.39 is 5.97 Å². The van der Waals surface area contributed by atoms with Gasteiger partial charge in [-0.05, 0) is 19.1 Å². The van der Waals surface area contributed by atoms with Crippen LogP contribution in [0.4, 0.5) is 0 Å². The Balaban J connectivity index is 2.02. The lowest BCUT2D eigenvalue weighted by molar-refractivity contribution is 0.0656. The smallest absolute Gasteiger partial charge is 0.392 e. The quantitative estimate of drug-likeness (QED) is 0.787. The Morgan fingerprint density at radius 1 is 1.25 bits per heavy atom. The van der Waals surface area contributed by atoms with E-state index >= 15 is 0 Å².